The molecule has 0 bridgehead atoms. The maximum atomic E-state index is 8.80. The number of nitrogens with zero attached hydrogens (tertiary/aromatic N) is 2. The predicted octanol–water partition coefficient (Wildman–Crippen LogP) is 2.40. The molecule has 3 nitrogen and oxygen atoms in total. The van der Waals surface area contributed by atoms with E-state index in [0.29, 0.717) is 0 Å². The van der Waals surface area contributed by atoms with Crippen LogP contribution in [-0.4, -0.2) is 11.0 Å². The van der Waals surface area contributed by atoms with Crippen molar-refractivity contribution in [3.63, 3.8) is 0 Å². The van der Waals surface area contributed by atoms with Crippen LogP contribution >= 0.6 is 11.3 Å². The van der Waals surface area contributed by atoms with Crippen molar-refractivity contribution in [3.05, 3.63) is 16.1 Å². The van der Waals surface area contributed by atoms with Gasteiger partial charge in [0.15, 0.2) is 0 Å². The topological polar surface area (TPSA) is 48.7 Å². The number of nitrogens with one attached hydrogen (secondary N) is 1. The van der Waals surface area contributed by atoms with Gasteiger partial charge in [-0.05, 0) is 20.3 Å². The Bertz CT molecular complexity index is 326. The molecule has 0 aromatic carbocycles. The number of rotatable bonds is 4. The highest BCUT2D eigenvalue weighted by atomic mass is 32.1. The second-order valence-corrected chi connectivity index (χ2v) is 4.55. The summed E-state index contributed by atoms with van der Waals surface area (Å²) in [4.78, 5) is 5.49. The third kappa shape index (κ3) is 2.79. The van der Waals surface area contributed by atoms with Gasteiger partial charge in [0.1, 0.15) is 5.01 Å². The normalized spacial score (nSPS) is 14.7. The highest BCUT2D eigenvalue weighted by molar-refractivity contribution is 7.11. The first-order valence-corrected chi connectivity index (χ1v) is 5.57. The van der Waals surface area contributed by atoms with E-state index < -0.39 is 0 Å². The van der Waals surface area contributed by atoms with Gasteiger partial charge in [-0.1, -0.05) is 6.92 Å². The molecular weight excluding hydrogens is 194 g/mol. The summed E-state index contributed by atoms with van der Waals surface area (Å²) in [7, 11) is 0. The lowest BCUT2D eigenvalue weighted by atomic mass is 10.2. The first-order valence-electron chi connectivity index (χ1n) is 4.75. The molecule has 1 aromatic heterocycles. The largest absolute Gasteiger partial charge is 0.293 e. The van der Waals surface area contributed by atoms with E-state index in [9.17, 15) is 0 Å². The summed E-state index contributed by atoms with van der Waals surface area (Å²) in [6.07, 6.45) is 2.69. The van der Waals surface area contributed by atoms with Gasteiger partial charge >= 0.3 is 0 Å². The van der Waals surface area contributed by atoms with Gasteiger partial charge in [-0.25, -0.2) is 4.98 Å². The van der Waals surface area contributed by atoms with Gasteiger partial charge in [-0.3, -0.25) is 5.32 Å². The molecule has 2 atom stereocenters. The third-order valence-electron chi connectivity index (χ3n) is 2.02. The first-order chi connectivity index (χ1) is 6.67. The Hall–Kier alpha value is -0.920. The van der Waals surface area contributed by atoms with Gasteiger partial charge in [0.2, 0.25) is 0 Å². The SMILES string of the molecule is CCC(C#N)NC(C)c1ncc(C)s1. The maximum Gasteiger partial charge on any atom is 0.109 e. The van der Waals surface area contributed by atoms with Gasteiger partial charge in [0.05, 0.1) is 18.2 Å². The van der Waals surface area contributed by atoms with E-state index in [4.69, 9.17) is 5.26 Å². The molecular formula is C10H15N3S. The highest BCUT2D eigenvalue weighted by Crippen LogP contribution is 2.19. The maximum absolute atomic E-state index is 8.80. The number of nitriles is 1. The molecule has 76 valence electrons. The van der Waals surface area contributed by atoms with Crippen LogP contribution in [0.2, 0.25) is 0 Å². The lowest BCUT2D eigenvalue weighted by molar-refractivity contribution is 0.507. The number of aryl methyl sites for hydroxylation is 1. The van der Waals surface area contributed by atoms with E-state index in [1.54, 1.807) is 11.3 Å². The number of thiazole rings is 1. The number of aromatic nitrogens is 1. The van der Waals surface area contributed by atoms with Crippen LogP contribution in [0, 0.1) is 18.3 Å². The summed E-state index contributed by atoms with van der Waals surface area (Å²) < 4.78 is 0. The molecule has 1 rings (SSSR count). The molecule has 4 heteroatoms. The van der Waals surface area contributed by atoms with Crippen LogP contribution in [0.15, 0.2) is 6.20 Å². The fourth-order valence-corrected chi connectivity index (χ4v) is 1.98. The van der Waals surface area contributed by atoms with E-state index >= 15 is 0 Å². The van der Waals surface area contributed by atoms with Gasteiger partial charge in [0.25, 0.3) is 0 Å². The molecule has 0 saturated carbocycles. The molecule has 0 fully saturated rings. The lowest BCUT2D eigenvalue weighted by Crippen LogP contribution is -2.29. The van der Waals surface area contributed by atoms with E-state index in [2.05, 4.69) is 16.4 Å². The van der Waals surface area contributed by atoms with Gasteiger partial charge in [0, 0.05) is 11.1 Å². The molecule has 0 aliphatic carbocycles. The fraction of sp³-hybridized carbons (Fsp3) is 0.600. The molecule has 14 heavy (non-hydrogen) atoms. The summed E-state index contributed by atoms with van der Waals surface area (Å²) in [5, 5.41) is 13.1. The zero-order chi connectivity index (χ0) is 10.6. The predicted molar refractivity (Wildman–Crippen MR) is 58.1 cm³/mol. The number of hydrogen-bond donors (Lipinski definition) is 1. The Morgan fingerprint density at radius 2 is 2.43 bits per heavy atom. The molecule has 0 amide bonds. The number of hydrogen-bond acceptors (Lipinski definition) is 4. The van der Waals surface area contributed by atoms with Crippen LogP contribution < -0.4 is 5.32 Å². The molecule has 0 radical (unpaired) electrons. The van der Waals surface area contributed by atoms with Crippen LogP contribution in [0.25, 0.3) is 0 Å². The molecule has 0 aliphatic heterocycles. The molecule has 1 heterocycles. The van der Waals surface area contributed by atoms with Crippen LogP contribution in [0.3, 0.4) is 0 Å². The monoisotopic (exact) mass is 209 g/mol. The second kappa shape index (κ2) is 5.08. The minimum absolute atomic E-state index is 0.0748. The Labute approximate surface area is 88.8 Å². The fourth-order valence-electron chi connectivity index (χ4n) is 1.19. The van der Waals surface area contributed by atoms with Crippen LogP contribution in [-0.2, 0) is 0 Å². The standard InChI is InChI=1S/C10H15N3S/c1-4-9(5-11)13-8(3)10-12-6-7(2)14-10/h6,8-9,13H,4H2,1-3H3. The van der Waals surface area contributed by atoms with E-state index in [1.807, 2.05) is 27.0 Å². The molecule has 0 aliphatic rings. The van der Waals surface area contributed by atoms with E-state index in [-0.39, 0.29) is 12.1 Å². The Morgan fingerprint density at radius 1 is 1.71 bits per heavy atom. The second-order valence-electron chi connectivity index (χ2n) is 3.29. The summed E-state index contributed by atoms with van der Waals surface area (Å²) in [6.45, 7) is 6.08. The van der Waals surface area contributed by atoms with Crippen molar-refractivity contribution in [1.29, 1.82) is 5.26 Å². The van der Waals surface area contributed by atoms with Gasteiger partial charge in [-0.2, -0.15) is 5.26 Å². The van der Waals surface area contributed by atoms with Crippen molar-refractivity contribution in [2.75, 3.05) is 0 Å². The van der Waals surface area contributed by atoms with Crippen LogP contribution in [0.1, 0.15) is 36.2 Å². The minimum atomic E-state index is -0.0748. The van der Waals surface area contributed by atoms with E-state index in [1.165, 1.54) is 4.88 Å². The zero-order valence-electron chi connectivity index (χ0n) is 8.74. The van der Waals surface area contributed by atoms with Crippen LogP contribution in [0.4, 0.5) is 0 Å². The Kier molecular flexibility index (Phi) is 4.05. The van der Waals surface area contributed by atoms with Gasteiger partial charge < -0.3 is 0 Å². The van der Waals surface area contributed by atoms with Crippen LogP contribution in [0.5, 0.6) is 0 Å². The van der Waals surface area contributed by atoms with Crippen molar-refractivity contribution in [2.24, 2.45) is 0 Å². The van der Waals surface area contributed by atoms with Crippen molar-refractivity contribution in [1.82, 2.24) is 10.3 Å². The molecule has 0 saturated heterocycles. The first kappa shape index (κ1) is 11.2. The molecule has 0 spiro atoms. The summed E-state index contributed by atoms with van der Waals surface area (Å²) >= 11 is 1.68. The lowest BCUT2D eigenvalue weighted by Gasteiger charge is -2.14. The molecule has 1 N–H and O–H groups in total. The van der Waals surface area contributed by atoms with Gasteiger partial charge in [-0.15, -0.1) is 11.3 Å². The zero-order valence-corrected chi connectivity index (χ0v) is 9.56. The average Bonchev–Trinajstić information content (AvgIpc) is 2.61. The third-order valence-corrected chi connectivity index (χ3v) is 3.12. The summed E-state index contributed by atoms with van der Waals surface area (Å²) in [6, 6.07) is 2.32. The molecule has 1 aromatic rings. The van der Waals surface area contributed by atoms with Crippen molar-refractivity contribution in [2.45, 2.75) is 39.3 Å². The summed E-state index contributed by atoms with van der Waals surface area (Å²) in [5.41, 5.74) is 0. The average molecular weight is 209 g/mol. The van der Waals surface area contributed by atoms with Crippen molar-refractivity contribution >= 4 is 11.3 Å². The summed E-state index contributed by atoms with van der Waals surface area (Å²) in [5.74, 6) is 0. The Balaban J connectivity index is 2.58. The minimum Gasteiger partial charge on any atom is -0.293 e. The van der Waals surface area contributed by atoms with Crippen molar-refractivity contribution in [3.8, 4) is 6.07 Å². The smallest absolute Gasteiger partial charge is 0.109 e. The van der Waals surface area contributed by atoms with Crippen molar-refractivity contribution < 1.29 is 0 Å². The molecule has 2 unspecified atom stereocenters. The highest BCUT2D eigenvalue weighted by Gasteiger charge is 2.13. The Morgan fingerprint density at radius 3 is 2.86 bits per heavy atom. The van der Waals surface area contributed by atoms with E-state index in [0.717, 1.165) is 11.4 Å². The quantitative estimate of drug-likeness (QED) is 0.828.